The Labute approximate surface area is 124 Å². The fraction of sp³-hybridized carbons (Fsp3) is 0.188. The SMILES string of the molecule is CCN(C(=O)c1ccc(Cl)c(C)c1)c1ccc(N)cc1. The molecule has 104 valence electrons. The van der Waals surface area contributed by atoms with Gasteiger partial charge in [0.2, 0.25) is 0 Å². The lowest BCUT2D eigenvalue weighted by Crippen LogP contribution is -2.30. The van der Waals surface area contributed by atoms with Gasteiger partial charge in [0.25, 0.3) is 5.91 Å². The topological polar surface area (TPSA) is 46.3 Å². The van der Waals surface area contributed by atoms with Crippen LogP contribution in [0, 0.1) is 6.92 Å². The van der Waals surface area contributed by atoms with Crippen molar-refractivity contribution >= 4 is 28.9 Å². The standard InChI is InChI=1S/C16H17ClN2O/c1-3-19(14-7-5-13(18)6-8-14)16(20)12-4-9-15(17)11(2)10-12/h4-10H,3,18H2,1-2H3. The Morgan fingerprint density at radius 1 is 1.20 bits per heavy atom. The number of carbonyl (C=O) groups is 1. The van der Waals surface area contributed by atoms with Crippen molar-refractivity contribution in [3.63, 3.8) is 0 Å². The second-order valence-electron chi connectivity index (χ2n) is 4.60. The number of halogens is 1. The Kier molecular flexibility index (Phi) is 4.30. The van der Waals surface area contributed by atoms with Crippen LogP contribution in [-0.2, 0) is 0 Å². The summed E-state index contributed by atoms with van der Waals surface area (Å²) in [6.45, 7) is 4.42. The first-order chi connectivity index (χ1) is 9.52. The molecule has 2 aromatic carbocycles. The van der Waals surface area contributed by atoms with Gasteiger partial charge in [-0.05, 0) is 61.9 Å². The van der Waals surface area contributed by atoms with Crippen LogP contribution in [0.5, 0.6) is 0 Å². The number of nitrogens with two attached hydrogens (primary N) is 1. The van der Waals surface area contributed by atoms with E-state index >= 15 is 0 Å². The van der Waals surface area contributed by atoms with Crippen LogP contribution in [0.2, 0.25) is 5.02 Å². The Morgan fingerprint density at radius 2 is 1.85 bits per heavy atom. The van der Waals surface area contributed by atoms with E-state index in [9.17, 15) is 4.79 Å². The first kappa shape index (κ1) is 14.4. The van der Waals surface area contributed by atoms with Crippen molar-refractivity contribution in [1.82, 2.24) is 0 Å². The van der Waals surface area contributed by atoms with E-state index in [1.54, 1.807) is 29.2 Å². The second-order valence-corrected chi connectivity index (χ2v) is 5.01. The molecule has 0 saturated carbocycles. The van der Waals surface area contributed by atoms with Crippen LogP contribution in [0.4, 0.5) is 11.4 Å². The number of nitrogens with zero attached hydrogens (tertiary/aromatic N) is 1. The molecule has 0 aliphatic heterocycles. The van der Waals surface area contributed by atoms with Gasteiger partial charge in [-0.1, -0.05) is 11.6 Å². The fourth-order valence-electron chi connectivity index (χ4n) is 2.03. The van der Waals surface area contributed by atoms with E-state index in [-0.39, 0.29) is 5.91 Å². The van der Waals surface area contributed by atoms with E-state index in [4.69, 9.17) is 17.3 Å². The highest BCUT2D eigenvalue weighted by Gasteiger charge is 2.16. The first-order valence-electron chi connectivity index (χ1n) is 6.46. The van der Waals surface area contributed by atoms with Crippen LogP contribution in [0.3, 0.4) is 0 Å². The number of carbonyl (C=O) groups excluding carboxylic acids is 1. The fourth-order valence-corrected chi connectivity index (χ4v) is 2.15. The van der Waals surface area contributed by atoms with Crippen LogP contribution < -0.4 is 10.6 Å². The third-order valence-electron chi connectivity index (χ3n) is 3.17. The zero-order chi connectivity index (χ0) is 14.7. The molecule has 0 aromatic heterocycles. The molecule has 0 fully saturated rings. The number of hydrogen-bond donors (Lipinski definition) is 1. The van der Waals surface area contributed by atoms with Gasteiger partial charge >= 0.3 is 0 Å². The number of anilines is 2. The monoisotopic (exact) mass is 288 g/mol. The molecule has 0 heterocycles. The minimum atomic E-state index is -0.0444. The molecule has 0 atom stereocenters. The van der Waals surface area contributed by atoms with Crippen LogP contribution in [-0.4, -0.2) is 12.5 Å². The number of benzene rings is 2. The molecule has 0 unspecified atom stereocenters. The van der Waals surface area contributed by atoms with Crippen LogP contribution in [0.1, 0.15) is 22.8 Å². The molecule has 2 rings (SSSR count). The molecular formula is C16H17ClN2O. The number of aryl methyl sites for hydroxylation is 1. The van der Waals surface area contributed by atoms with Crippen LogP contribution >= 0.6 is 11.6 Å². The predicted molar refractivity (Wildman–Crippen MR) is 84.4 cm³/mol. The average molecular weight is 289 g/mol. The van der Waals surface area contributed by atoms with Crippen molar-refractivity contribution in [3.05, 3.63) is 58.6 Å². The normalized spacial score (nSPS) is 10.3. The molecule has 0 aliphatic carbocycles. The van der Waals surface area contributed by atoms with Gasteiger partial charge in [-0.15, -0.1) is 0 Å². The molecule has 3 nitrogen and oxygen atoms in total. The molecular weight excluding hydrogens is 272 g/mol. The molecule has 0 saturated heterocycles. The summed E-state index contributed by atoms with van der Waals surface area (Å²) in [5, 5.41) is 0.664. The minimum Gasteiger partial charge on any atom is -0.399 e. The van der Waals surface area contributed by atoms with Crippen molar-refractivity contribution in [1.29, 1.82) is 0 Å². The van der Waals surface area contributed by atoms with Crippen molar-refractivity contribution in [3.8, 4) is 0 Å². The van der Waals surface area contributed by atoms with Gasteiger partial charge in [-0.25, -0.2) is 0 Å². The lowest BCUT2D eigenvalue weighted by atomic mass is 10.1. The zero-order valence-electron chi connectivity index (χ0n) is 11.6. The summed E-state index contributed by atoms with van der Waals surface area (Å²) in [5.41, 5.74) is 8.71. The zero-order valence-corrected chi connectivity index (χ0v) is 12.3. The number of hydrogen-bond acceptors (Lipinski definition) is 2. The lowest BCUT2D eigenvalue weighted by Gasteiger charge is -2.21. The third kappa shape index (κ3) is 2.94. The molecule has 4 heteroatoms. The summed E-state index contributed by atoms with van der Waals surface area (Å²) < 4.78 is 0. The predicted octanol–water partition coefficient (Wildman–Crippen LogP) is 3.90. The molecule has 0 aliphatic rings. The van der Waals surface area contributed by atoms with E-state index in [1.165, 1.54) is 0 Å². The Balaban J connectivity index is 2.33. The van der Waals surface area contributed by atoms with Crippen molar-refractivity contribution in [2.24, 2.45) is 0 Å². The second kappa shape index (κ2) is 5.97. The maximum Gasteiger partial charge on any atom is 0.258 e. The molecule has 1 amide bonds. The molecule has 0 spiro atoms. The van der Waals surface area contributed by atoms with Gasteiger partial charge in [0.1, 0.15) is 0 Å². The molecule has 0 radical (unpaired) electrons. The Hall–Kier alpha value is -2.00. The lowest BCUT2D eigenvalue weighted by molar-refractivity contribution is 0.0988. The van der Waals surface area contributed by atoms with Gasteiger partial charge in [0.15, 0.2) is 0 Å². The first-order valence-corrected chi connectivity index (χ1v) is 6.84. The summed E-state index contributed by atoms with van der Waals surface area (Å²) >= 11 is 5.99. The van der Waals surface area contributed by atoms with Gasteiger partial charge in [0, 0.05) is 28.5 Å². The van der Waals surface area contributed by atoms with Gasteiger partial charge in [-0.3, -0.25) is 4.79 Å². The van der Waals surface area contributed by atoms with Gasteiger partial charge in [0.05, 0.1) is 0 Å². The number of nitrogen functional groups attached to an aromatic ring is 1. The maximum absolute atomic E-state index is 12.6. The van der Waals surface area contributed by atoms with Crippen molar-refractivity contribution in [2.75, 3.05) is 17.2 Å². The van der Waals surface area contributed by atoms with E-state index in [0.29, 0.717) is 22.8 Å². The minimum absolute atomic E-state index is 0.0444. The summed E-state index contributed by atoms with van der Waals surface area (Å²) in [5.74, 6) is -0.0444. The highest BCUT2D eigenvalue weighted by molar-refractivity contribution is 6.31. The third-order valence-corrected chi connectivity index (χ3v) is 3.60. The number of amides is 1. The van der Waals surface area contributed by atoms with Gasteiger partial charge < -0.3 is 10.6 Å². The molecule has 2 N–H and O–H groups in total. The summed E-state index contributed by atoms with van der Waals surface area (Å²) in [6.07, 6.45) is 0. The maximum atomic E-state index is 12.6. The Bertz CT molecular complexity index is 623. The summed E-state index contributed by atoms with van der Waals surface area (Å²) in [4.78, 5) is 14.3. The van der Waals surface area contributed by atoms with Crippen LogP contribution in [0.25, 0.3) is 0 Å². The number of rotatable bonds is 3. The summed E-state index contributed by atoms with van der Waals surface area (Å²) in [6, 6.07) is 12.6. The highest BCUT2D eigenvalue weighted by atomic mass is 35.5. The van der Waals surface area contributed by atoms with Crippen molar-refractivity contribution in [2.45, 2.75) is 13.8 Å². The largest absolute Gasteiger partial charge is 0.399 e. The quantitative estimate of drug-likeness (QED) is 0.871. The molecule has 2 aromatic rings. The van der Waals surface area contributed by atoms with Crippen molar-refractivity contribution < 1.29 is 4.79 Å². The smallest absolute Gasteiger partial charge is 0.258 e. The van der Waals surface area contributed by atoms with E-state index in [2.05, 4.69) is 0 Å². The van der Waals surface area contributed by atoms with E-state index in [0.717, 1.165) is 11.3 Å². The van der Waals surface area contributed by atoms with E-state index in [1.807, 2.05) is 32.0 Å². The summed E-state index contributed by atoms with van der Waals surface area (Å²) in [7, 11) is 0. The van der Waals surface area contributed by atoms with Gasteiger partial charge in [-0.2, -0.15) is 0 Å². The van der Waals surface area contributed by atoms with Crippen LogP contribution in [0.15, 0.2) is 42.5 Å². The molecule has 0 bridgehead atoms. The average Bonchev–Trinajstić information content (AvgIpc) is 2.44. The highest BCUT2D eigenvalue weighted by Crippen LogP contribution is 2.21. The van der Waals surface area contributed by atoms with E-state index < -0.39 is 0 Å². The molecule has 20 heavy (non-hydrogen) atoms. The Morgan fingerprint density at radius 3 is 2.40 bits per heavy atom.